The van der Waals surface area contributed by atoms with Crippen LogP contribution in [0.3, 0.4) is 0 Å². The number of carbonyl (C=O) groups excluding carboxylic acids is 1. The van der Waals surface area contributed by atoms with Gasteiger partial charge in [-0.2, -0.15) is 0 Å². The normalized spacial score (nSPS) is 13.9. The zero-order valence-corrected chi connectivity index (χ0v) is 12.8. The number of hydrogen-bond donors (Lipinski definition) is 2. The van der Waals surface area contributed by atoms with E-state index in [4.69, 9.17) is 28.9 Å². The molecular weight excluding hydrogens is 283 g/mol. The van der Waals surface area contributed by atoms with Crippen LogP contribution in [0.15, 0.2) is 18.2 Å². The first-order valence-electron chi connectivity index (χ1n) is 6.44. The maximum Gasteiger partial charge on any atom is 0.227 e. The topological polar surface area (TPSA) is 55.1 Å². The first kappa shape index (κ1) is 16.3. The van der Waals surface area contributed by atoms with Crippen molar-refractivity contribution in [1.82, 2.24) is 5.32 Å². The van der Waals surface area contributed by atoms with Crippen molar-refractivity contribution in [3.63, 3.8) is 0 Å². The smallest absolute Gasteiger partial charge is 0.227 e. The molecule has 3 nitrogen and oxygen atoms in total. The summed E-state index contributed by atoms with van der Waals surface area (Å²) < 4.78 is 0. The predicted molar refractivity (Wildman–Crippen MR) is 80.8 cm³/mol. The highest BCUT2D eigenvalue weighted by Gasteiger charge is 2.20. The van der Waals surface area contributed by atoms with Crippen LogP contribution < -0.4 is 11.1 Å². The molecule has 106 valence electrons. The maximum atomic E-state index is 12.1. The Kier molecular flexibility index (Phi) is 6.63. The van der Waals surface area contributed by atoms with Crippen molar-refractivity contribution >= 4 is 29.1 Å². The zero-order valence-electron chi connectivity index (χ0n) is 11.2. The minimum Gasteiger partial charge on any atom is -0.354 e. The first-order chi connectivity index (χ1) is 8.97. The van der Waals surface area contributed by atoms with Crippen LogP contribution in [0.5, 0.6) is 0 Å². The lowest BCUT2D eigenvalue weighted by Gasteiger charge is -2.17. The molecule has 0 aliphatic carbocycles. The lowest BCUT2D eigenvalue weighted by Crippen LogP contribution is -2.38. The minimum absolute atomic E-state index is 0.0112. The standard InChI is InChI=1S/C14H20Cl2N2O/c1-3-5-10(17)8-18-14(19)9(2)13-11(15)6-4-7-12(13)16/h4,6-7,9-10H,3,5,8,17H2,1-2H3,(H,18,19). The van der Waals surface area contributed by atoms with Crippen molar-refractivity contribution in [3.05, 3.63) is 33.8 Å². The summed E-state index contributed by atoms with van der Waals surface area (Å²) in [5, 5.41) is 3.85. The highest BCUT2D eigenvalue weighted by Crippen LogP contribution is 2.31. The zero-order chi connectivity index (χ0) is 14.4. The molecule has 0 fully saturated rings. The van der Waals surface area contributed by atoms with Gasteiger partial charge in [-0.3, -0.25) is 4.79 Å². The number of hydrogen-bond acceptors (Lipinski definition) is 2. The average molecular weight is 303 g/mol. The number of nitrogens with one attached hydrogen (secondary N) is 1. The van der Waals surface area contributed by atoms with Gasteiger partial charge in [-0.05, 0) is 25.5 Å². The second-order valence-corrected chi connectivity index (χ2v) is 5.47. The molecule has 19 heavy (non-hydrogen) atoms. The van der Waals surface area contributed by atoms with Crippen LogP contribution in [0, 0.1) is 0 Å². The van der Waals surface area contributed by atoms with Gasteiger partial charge in [0.05, 0.1) is 5.92 Å². The highest BCUT2D eigenvalue weighted by molar-refractivity contribution is 6.36. The summed E-state index contributed by atoms with van der Waals surface area (Å²) in [4.78, 5) is 12.1. The quantitative estimate of drug-likeness (QED) is 0.847. The van der Waals surface area contributed by atoms with Crippen LogP contribution in [0.1, 0.15) is 38.2 Å². The molecule has 0 aliphatic rings. The minimum atomic E-state index is -0.393. The molecule has 2 unspecified atom stereocenters. The van der Waals surface area contributed by atoms with Gasteiger partial charge in [-0.25, -0.2) is 0 Å². The molecule has 0 saturated heterocycles. The molecule has 0 saturated carbocycles. The summed E-state index contributed by atoms with van der Waals surface area (Å²) in [5.74, 6) is -0.503. The number of amides is 1. The van der Waals surface area contributed by atoms with E-state index in [1.807, 2.05) is 0 Å². The number of nitrogens with two attached hydrogens (primary N) is 1. The van der Waals surface area contributed by atoms with Gasteiger partial charge in [0, 0.05) is 28.2 Å². The number of carbonyl (C=O) groups is 1. The van der Waals surface area contributed by atoms with Gasteiger partial charge in [-0.1, -0.05) is 42.6 Å². The number of benzene rings is 1. The van der Waals surface area contributed by atoms with Gasteiger partial charge in [-0.15, -0.1) is 0 Å². The summed E-state index contributed by atoms with van der Waals surface area (Å²) in [6.45, 7) is 4.32. The van der Waals surface area contributed by atoms with E-state index in [0.29, 0.717) is 22.2 Å². The molecule has 0 radical (unpaired) electrons. The van der Waals surface area contributed by atoms with Gasteiger partial charge in [0.15, 0.2) is 0 Å². The van der Waals surface area contributed by atoms with E-state index in [0.717, 1.165) is 12.8 Å². The third kappa shape index (κ3) is 4.68. The van der Waals surface area contributed by atoms with E-state index in [2.05, 4.69) is 12.2 Å². The van der Waals surface area contributed by atoms with Gasteiger partial charge < -0.3 is 11.1 Å². The molecule has 1 aromatic rings. The third-order valence-electron chi connectivity index (χ3n) is 3.02. The number of halogens is 2. The lowest BCUT2D eigenvalue weighted by atomic mass is 10.00. The highest BCUT2D eigenvalue weighted by atomic mass is 35.5. The van der Waals surface area contributed by atoms with E-state index in [1.54, 1.807) is 25.1 Å². The van der Waals surface area contributed by atoms with Gasteiger partial charge in [0.25, 0.3) is 0 Å². The monoisotopic (exact) mass is 302 g/mol. The fraction of sp³-hybridized carbons (Fsp3) is 0.500. The molecule has 3 N–H and O–H groups in total. The van der Waals surface area contributed by atoms with Crippen LogP contribution in [-0.2, 0) is 4.79 Å². The van der Waals surface area contributed by atoms with E-state index >= 15 is 0 Å². The van der Waals surface area contributed by atoms with Crippen molar-refractivity contribution in [1.29, 1.82) is 0 Å². The average Bonchev–Trinajstić information content (AvgIpc) is 2.36. The van der Waals surface area contributed by atoms with Crippen LogP contribution in [0.2, 0.25) is 10.0 Å². The molecule has 0 bridgehead atoms. The van der Waals surface area contributed by atoms with E-state index in [-0.39, 0.29) is 11.9 Å². The summed E-state index contributed by atoms with van der Waals surface area (Å²) in [6, 6.07) is 5.21. The van der Waals surface area contributed by atoms with Crippen molar-refractivity contribution in [2.24, 2.45) is 5.73 Å². The van der Waals surface area contributed by atoms with Crippen LogP contribution >= 0.6 is 23.2 Å². The second kappa shape index (κ2) is 7.73. The van der Waals surface area contributed by atoms with Crippen molar-refractivity contribution in [3.8, 4) is 0 Å². The molecule has 0 aromatic heterocycles. The Balaban J connectivity index is 2.67. The summed E-state index contributed by atoms with van der Waals surface area (Å²) in [5.41, 5.74) is 6.52. The third-order valence-corrected chi connectivity index (χ3v) is 3.68. The van der Waals surface area contributed by atoms with E-state index in [1.165, 1.54) is 0 Å². The Labute approximate surface area is 124 Å². The summed E-state index contributed by atoms with van der Waals surface area (Å²) in [6.07, 6.45) is 1.89. The Morgan fingerprint density at radius 3 is 2.47 bits per heavy atom. The first-order valence-corrected chi connectivity index (χ1v) is 7.20. The van der Waals surface area contributed by atoms with Crippen molar-refractivity contribution < 1.29 is 4.79 Å². The molecule has 0 heterocycles. The fourth-order valence-electron chi connectivity index (χ4n) is 1.91. The Hall–Kier alpha value is -0.770. The fourth-order valence-corrected chi connectivity index (χ4v) is 2.64. The summed E-state index contributed by atoms with van der Waals surface area (Å²) in [7, 11) is 0. The van der Waals surface area contributed by atoms with Gasteiger partial charge in [0.2, 0.25) is 5.91 Å². The molecule has 1 rings (SSSR count). The molecule has 1 aromatic carbocycles. The Bertz CT molecular complexity index is 417. The number of rotatable bonds is 6. The Morgan fingerprint density at radius 1 is 1.37 bits per heavy atom. The van der Waals surface area contributed by atoms with Crippen LogP contribution in [-0.4, -0.2) is 18.5 Å². The molecule has 2 atom stereocenters. The molecule has 5 heteroatoms. The van der Waals surface area contributed by atoms with Crippen molar-refractivity contribution in [2.45, 2.75) is 38.6 Å². The predicted octanol–water partition coefficient (Wildman–Crippen LogP) is 3.34. The molecular formula is C14H20Cl2N2O. The maximum absolute atomic E-state index is 12.1. The van der Waals surface area contributed by atoms with Crippen molar-refractivity contribution in [2.75, 3.05) is 6.54 Å². The molecule has 0 spiro atoms. The molecule has 0 aliphatic heterocycles. The summed E-state index contributed by atoms with van der Waals surface area (Å²) >= 11 is 12.2. The lowest BCUT2D eigenvalue weighted by molar-refractivity contribution is -0.122. The van der Waals surface area contributed by atoms with E-state index in [9.17, 15) is 4.79 Å². The van der Waals surface area contributed by atoms with Gasteiger partial charge >= 0.3 is 0 Å². The van der Waals surface area contributed by atoms with Gasteiger partial charge in [0.1, 0.15) is 0 Å². The molecule has 1 amide bonds. The largest absolute Gasteiger partial charge is 0.354 e. The SMILES string of the molecule is CCCC(N)CNC(=O)C(C)c1c(Cl)cccc1Cl. The Morgan fingerprint density at radius 2 is 1.95 bits per heavy atom. The van der Waals surface area contributed by atoms with E-state index < -0.39 is 5.92 Å². The second-order valence-electron chi connectivity index (χ2n) is 4.65. The van der Waals surface area contributed by atoms with Crippen LogP contribution in [0.4, 0.5) is 0 Å². The van der Waals surface area contributed by atoms with Crippen LogP contribution in [0.25, 0.3) is 0 Å².